The molecule has 9 heavy (non-hydrogen) atoms. The number of hydrogen-bond acceptors (Lipinski definition) is 3. The van der Waals surface area contributed by atoms with Crippen molar-refractivity contribution in [3.05, 3.63) is 0 Å². The van der Waals surface area contributed by atoms with Crippen LogP contribution < -0.4 is 11.6 Å². The number of nitrogens with two attached hydrogens (primary N) is 2. The van der Waals surface area contributed by atoms with Crippen molar-refractivity contribution in [2.75, 3.05) is 0 Å². The first-order chi connectivity index (χ1) is 4.00. The average molecular weight is 195 g/mol. The fraction of sp³-hybridized carbons (Fsp3) is 0.500. The van der Waals surface area contributed by atoms with E-state index < -0.39 is 0 Å². The van der Waals surface area contributed by atoms with Gasteiger partial charge in [-0.3, -0.25) is 0 Å². The van der Waals surface area contributed by atoms with E-state index in [4.69, 9.17) is 5.73 Å². The molecule has 0 bridgehead atoms. The SMILES string of the molecule is CC(C)=O.NN=C(N)[Se]. The van der Waals surface area contributed by atoms with Gasteiger partial charge in [0.15, 0.2) is 0 Å². The van der Waals surface area contributed by atoms with E-state index in [2.05, 4.69) is 27.0 Å². The Bertz CT molecular complexity index is 104. The molecule has 0 heterocycles. The molecule has 0 atom stereocenters. The molecule has 0 aromatic heterocycles. The second-order valence-corrected chi connectivity index (χ2v) is 2.25. The van der Waals surface area contributed by atoms with Gasteiger partial charge in [-0.05, 0) is 13.8 Å². The molecule has 5 heteroatoms. The quantitative estimate of drug-likeness (QED) is 0.170. The molecule has 4 nitrogen and oxygen atoms in total. The van der Waals surface area contributed by atoms with Crippen LogP contribution in [0.15, 0.2) is 5.10 Å². The first-order valence-corrected chi connectivity index (χ1v) is 3.04. The van der Waals surface area contributed by atoms with Crippen molar-refractivity contribution in [3.8, 4) is 0 Å². The van der Waals surface area contributed by atoms with Crippen LogP contribution in [0.5, 0.6) is 0 Å². The summed E-state index contributed by atoms with van der Waals surface area (Å²) in [5, 5.41) is 3.03. The molecule has 0 saturated heterocycles. The number of rotatable bonds is 0. The van der Waals surface area contributed by atoms with E-state index >= 15 is 0 Å². The van der Waals surface area contributed by atoms with Crippen LogP contribution in [0.4, 0.5) is 0 Å². The van der Waals surface area contributed by atoms with Gasteiger partial charge in [0.1, 0.15) is 5.78 Å². The third kappa shape index (κ3) is 104. The van der Waals surface area contributed by atoms with Crippen molar-refractivity contribution in [1.82, 2.24) is 0 Å². The summed E-state index contributed by atoms with van der Waals surface area (Å²) < 4.78 is 0.282. The first kappa shape index (κ1) is 11.3. The molecule has 0 aromatic rings. The maximum atomic E-state index is 9.44. The van der Waals surface area contributed by atoms with E-state index in [1.807, 2.05) is 0 Å². The summed E-state index contributed by atoms with van der Waals surface area (Å²) in [6.07, 6.45) is 0. The van der Waals surface area contributed by atoms with Crippen LogP contribution in [0.3, 0.4) is 0 Å². The number of amidine groups is 1. The minimum absolute atomic E-state index is 0.167. The predicted molar refractivity (Wildman–Crippen MR) is 37.9 cm³/mol. The molecule has 0 unspecified atom stereocenters. The van der Waals surface area contributed by atoms with Crippen LogP contribution in [-0.2, 0) is 4.79 Å². The van der Waals surface area contributed by atoms with Gasteiger partial charge in [0.2, 0.25) is 0 Å². The fourth-order valence-electron chi connectivity index (χ4n) is 0. The number of nitrogens with zero attached hydrogens (tertiary/aromatic N) is 1. The zero-order valence-corrected chi connectivity index (χ0v) is 7.13. The van der Waals surface area contributed by atoms with Crippen LogP contribution >= 0.6 is 0 Å². The molecule has 0 spiro atoms. The number of carbonyl (C=O) groups excluding carboxylic acids is 1. The summed E-state index contributed by atoms with van der Waals surface area (Å²) in [5.74, 6) is 4.77. The van der Waals surface area contributed by atoms with E-state index in [9.17, 15) is 4.79 Å². The Hall–Kier alpha value is -0.541. The van der Waals surface area contributed by atoms with Gasteiger partial charge < -0.3 is 4.79 Å². The number of carbonyl (C=O) groups is 1. The Morgan fingerprint density at radius 3 is 1.67 bits per heavy atom. The van der Waals surface area contributed by atoms with Crippen LogP contribution in [-0.4, -0.2) is 26.5 Å². The van der Waals surface area contributed by atoms with E-state index in [1.165, 1.54) is 13.8 Å². The van der Waals surface area contributed by atoms with Crippen LogP contribution in [0, 0.1) is 0 Å². The monoisotopic (exact) mass is 196 g/mol. The number of hydrogen-bond donors (Lipinski definition) is 2. The molecule has 0 rings (SSSR count). The molecule has 0 aliphatic carbocycles. The van der Waals surface area contributed by atoms with E-state index in [1.54, 1.807) is 0 Å². The Balaban J connectivity index is 0. The first-order valence-electron chi connectivity index (χ1n) is 2.18. The van der Waals surface area contributed by atoms with Crippen molar-refractivity contribution in [3.63, 3.8) is 0 Å². The zero-order chi connectivity index (χ0) is 7.86. The van der Waals surface area contributed by atoms with Crippen LogP contribution in [0.25, 0.3) is 0 Å². The predicted octanol–water partition coefficient (Wildman–Crippen LogP) is -1.06. The fourth-order valence-corrected chi connectivity index (χ4v) is 0. The summed E-state index contributed by atoms with van der Waals surface area (Å²) >= 11 is 2.39. The second kappa shape index (κ2) is 7.46. The summed E-state index contributed by atoms with van der Waals surface area (Å²) in [7, 11) is 0. The molecule has 0 saturated carbocycles. The number of ketones is 1. The molecule has 53 valence electrons. The van der Waals surface area contributed by atoms with E-state index in [-0.39, 0.29) is 10.5 Å². The number of hydrazone groups is 1. The normalized spacial score (nSPS) is 9.33. The van der Waals surface area contributed by atoms with Crippen molar-refractivity contribution in [2.24, 2.45) is 16.7 Å². The number of Topliss-reactive ketones (excluding diaryl/α,β-unsaturated/α-hetero) is 1. The molecule has 0 aliphatic heterocycles. The van der Waals surface area contributed by atoms with Crippen LogP contribution in [0.1, 0.15) is 13.8 Å². The molecule has 0 aliphatic rings. The van der Waals surface area contributed by atoms with Crippen LogP contribution in [0.2, 0.25) is 0 Å². The molecular weight excluding hydrogens is 185 g/mol. The third-order valence-corrected chi connectivity index (χ3v) is 0.348. The van der Waals surface area contributed by atoms with Gasteiger partial charge in [-0.25, -0.2) is 0 Å². The minimum atomic E-state index is 0.167. The van der Waals surface area contributed by atoms with Gasteiger partial charge in [0.25, 0.3) is 0 Å². The molecule has 0 aromatic carbocycles. The van der Waals surface area contributed by atoms with Gasteiger partial charge in [-0.1, -0.05) is 0 Å². The topological polar surface area (TPSA) is 81.5 Å². The molecule has 0 amide bonds. The van der Waals surface area contributed by atoms with E-state index in [0.717, 1.165) is 0 Å². The summed E-state index contributed by atoms with van der Waals surface area (Å²) in [4.78, 5) is 9.44. The summed E-state index contributed by atoms with van der Waals surface area (Å²) in [5.41, 5.74) is 4.86. The third-order valence-electron chi connectivity index (χ3n) is 0.127. The Kier molecular flexibility index (Phi) is 9.35. The molecular formula is C4H10N3OSe. The maximum absolute atomic E-state index is 9.44. The van der Waals surface area contributed by atoms with Gasteiger partial charge in [0, 0.05) is 0 Å². The second-order valence-electron chi connectivity index (χ2n) is 1.38. The van der Waals surface area contributed by atoms with Crippen molar-refractivity contribution >= 4 is 26.5 Å². The summed E-state index contributed by atoms with van der Waals surface area (Å²) in [6.45, 7) is 3.06. The van der Waals surface area contributed by atoms with E-state index in [0.29, 0.717) is 0 Å². The Labute approximate surface area is 62.5 Å². The van der Waals surface area contributed by atoms with Crippen molar-refractivity contribution in [2.45, 2.75) is 13.8 Å². The zero-order valence-electron chi connectivity index (χ0n) is 5.42. The molecule has 1 radical (unpaired) electrons. The molecule has 0 fully saturated rings. The van der Waals surface area contributed by atoms with Crippen molar-refractivity contribution < 1.29 is 4.79 Å². The average Bonchev–Trinajstić information content (AvgIpc) is 1.65. The Morgan fingerprint density at radius 1 is 1.56 bits per heavy atom. The van der Waals surface area contributed by atoms with Crippen molar-refractivity contribution in [1.29, 1.82) is 0 Å². The van der Waals surface area contributed by atoms with Gasteiger partial charge in [-0.2, -0.15) is 0 Å². The van der Waals surface area contributed by atoms with Gasteiger partial charge in [0.05, 0.1) is 0 Å². The standard InChI is InChI=1S/C3H6O.CH4N3Se/c1-3(2)4;2-1(5)4-3/h1-2H3;3H2,(H2,2,4). The summed E-state index contributed by atoms with van der Waals surface area (Å²) in [6, 6.07) is 0. The molecule has 4 N–H and O–H groups in total. The Morgan fingerprint density at radius 2 is 1.67 bits per heavy atom. The van der Waals surface area contributed by atoms with Gasteiger partial charge in [-0.15, -0.1) is 0 Å². The van der Waals surface area contributed by atoms with Gasteiger partial charge >= 0.3 is 37.4 Å².